The van der Waals surface area contributed by atoms with Crippen molar-refractivity contribution in [3.8, 4) is 0 Å². The molecular formula is C23H25FN6O3S. The summed E-state index contributed by atoms with van der Waals surface area (Å²) in [4.78, 5) is 35.2. The van der Waals surface area contributed by atoms with Crippen LogP contribution in [0.25, 0.3) is 10.9 Å². The first-order valence-electron chi connectivity index (χ1n) is 11.1. The zero-order valence-corrected chi connectivity index (χ0v) is 19.5. The molecule has 0 radical (unpaired) electrons. The number of hydrogen-bond acceptors (Lipinski definition) is 7. The summed E-state index contributed by atoms with van der Waals surface area (Å²) in [5.41, 5.74) is 2.03. The van der Waals surface area contributed by atoms with Crippen molar-refractivity contribution < 1.29 is 13.9 Å². The maximum atomic E-state index is 14.7. The van der Waals surface area contributed by atoms with Gasteiger partial charge in [0, 0.05) is 45.2 Å². The van der Waals surface area contributed by atoms with E-state index in [1.54, 1.807) is 19.2 Å². The van der Waals surface area contributed by atoms with Crippen molar-refractivity contribution in [2.24, 2.45) is 7.05 Å². The molecule has 0 aliphatic carbocycles. The van der Waals surface area contributed by atoms with E-state index in [1.165, 1.54) is 4.57 Å². The van der Waals surface area contributed by atoms with Crippen LogP contribution in [0.5, 0.6) is 0 Å². The van der Waals surface area contributed by atoms with Crippen LogP contribution >= 0.6 is 12.2 Å². The summed E-state index contributed by atoms with van der Waals surface area (Å²) >= 11 is 5.37. The molecule has 0 bridgehead atoms. The lowest BCUT2D eigenvalue weighted by molar-refractivity contribution is -0.00356. The molecule has 34 heavy (non-hydrogen) atoms. The highest BCUT2D eigenvalue weighted by Crippen LogP contribution is 2.21. The molecule has 4 heterocycles. The van der Waals surface area contributed by atoms with Crippen molar-refractivity contribution in [2.45, 2.75) is 12.6 Å². The highest BCUT2D eigenvalue weighted by molar-refractivity contribution is 7.71. The standard InChI is InChI=1S/C23H25FN6O3S/c1-28-22(34)16-3-2-14(10-18(16)27-23(28)32)11-29-6-8-30(9-7-29)19-5-4-17(26-20(19)24)21(31)25-15-12-33-13-15/h2-5,10,15H,6-9,11-13H2,1H3,(H,25,31)(H,27,32). The third-order valence-electron chi connectivity index (χ3n) is 6.32. The van der Waals surface area contributed by atoms with E-state index in [0.717, 1.165) is 29.6 Å². The van der Waals surface area contributed by atoms with Crippen LogP contribution in [0, 0.1) is 10.6 Å². The van der Waals surface area contributed by atoms with Crippen molar-refractivity contribution in [1.29, 1.82) is 0 Å². The molecule has 9 nitrogen and oxygen atoms in total. The van der Waals surface area contributed by atoms with Gasteiger partial charge in [-0.25, -0.2) is 9.78 Å². The maximum absolute atomic E-state index is 14.7. The smallest absolute Gasteiger partial charge is 0.326 e. The highest BCUT2D eigenvalue weighted by Gasteiger charge is 2.24. The number of hydrogen-bond donors (Lipinski definition) is 2. The first-order valence-corrected chi connectivity index (χ1v) is 11.5. The van der Waals surface area contributed by atoms with E-state index in [2.05, 4.69) is 20.2 Å². The molecule has 3 aromatic rings. The quantitative estimate of drug-likeness (QED) is 0.419. The van der Waals surface area contributed by atoms with Crippen molar-refractivity contribution in [3.63, 3.8) is 0 Å². The fourth-order valence-corrected chi connectivity index (χ4v) is 4.49. The summed E-state index contributed by atoms with van der Waals surface area (Å²) in [6.45, 7) is 4.43. The van der Waals surface area contributed by atoms with E-state index in [0.29, 0.717) is 43.2 Å². The van der Waals surface area contributed by atoms with Gasteiger partial charge in [-0.15, -0.1) is 0 Å². The number of carbonyl (C=O) groups excluding carboxylic acids is 1. The lowest BCUT2D eigenvalue weighted by Gasteiger charge is -2.36. The Hall–Kier alpha value is -3.15. The lowest BCUT2D eigenvalue weighted by atomic mass is 10.1. The largest absolute Gasteiger partial charge is 0.377 e. The van der Waals surface area contributed by atoms with Crippen LogP contribution in [0.2, 0.25) is 0 Å². The maximum Gasteiger partial charge on any atom is 0.326 e. The molecule has 0 saturated carbocycles. The number of H-pyrrole nitrogens is 1. The summed E-state index contributed by atoms with van der Waals surface area (Å²) in [5.74, 6) is -1.03. The molecule has 2 aliphatic heterocycles. The molecular weight excluding hydrogens is 459 g/mol. The second-order valence-corrected chi connectivity index (χ2v) is 9.04. The number of anilines is 1. The van der Waals surface area contributed by atoms with Gasteiger partial charge in [-0.3, -0.25) is 14.3 Å². The molecule has 5 rings (SSSR count). The Morgan fingerprint density at radius 1 is 1.24 bits per heavy atom. The first-order chi connectivity index (χ1) is 16.4. The Kier molecular flexibility index (Phi) is 6.15. The van der Waals surface area contributed by atoms with Crippen LogP contribution in [0.15, 0.2) is 35.1 Å². The number of halogens is 1. The third kappa shape index (κ3) is 4.46. The second kappa shape index (κ2) is 9.24. The lowest BCUT2D eigenvalue weighted by Crippen LogP contribution is -2.48. The van der Waals surface area contributed by atoms with Gasteiger partial charge in [0.25, 0.3) is 5.91 Å². The predicted molar refractivity (Wildman–Crippen MR) is 128 cm³/mol. The van der Waals surface area contributed by atoms with E-state index in [9.17, 15) is 14.0 Å². The minimum absolute atomic E-state index is 0.0329. The number of rotatable bonds is 5. The second-order valence-electron chi connectivity index (χ2n) is 8.65. The molecule has 1 aromatic carbocycles. The number of nitrogens with zero attached hydrogens (tertiary/aromatic N) is 4. The van der Waals surface area contributed by atoms with Gasteiger partial charge in [-0.2, -0.15) is 4.39 Å². The Labute approximate surface area is 200 Å². The van der Waals surface area contributed by atoms with E-state index in [1.807, 2.05) is 23.1 Å². The topological polar surface area (TPSA) is 95.5 Å². The fraction of sp³-hybridized carbons (Fsp3) is 0.391. The molecule has 2 fully saturated rings. The highest BCUT2D eigenvalue weighted by atomic mass is 32.1. The normalized spacial score (nSPS) is 17.1. The van der Waals surface area contributed by atoms with E-state index in [4.69, 9.17) is 17.0 Å². The number of carbonyl (C=O) groups is 1. The molecule has 2 saturated heterocycles. The van der Waals surface area contributed by atoms with Gasteiger partial charge >= 0.3 is 5.69 Å². The third-order valence-corrected chi connectivity index (χ3v) is 6.81. The number of piperazine rings is 1. The summed E-state index contributed by atoms with van der Waals surface area (Å²) in [5, 5.41) is 3.61. The van der Waals surface area contributed by atoms with Crippen molar-refractivity contribution >= 4 is 34.7 Å². The molecule has 11 heteroatoms. The number of ether oxygens (including phenoxy) is 1. The van der Waals surface area contributed by atoms with Crippen LogP contribution in [-0.2, 0) is 18.3 Å². The van der Waals surface area contributed by atoms with Crippen molar-refractivity contribution in [2.75, 3.05) is 44.3 Å². The number of benzene rings is 1. The number of aromatic amines is 1. The van der Waals surface area contributed by atoms with Crippen LogP contribution in [0.1, 0.15) is 16.1 Å². The van der Waals surface area contributed by atoms with Gasteiger partial charge in [-0.1, -0.05) is 18.3 Å². The minimum Gasteiger partial charge on any atom is -0.377 e. The molecule has 2 aliphatic rings. The fourth-order valence-electron chi connectivity index (χ4n) is 4.22. The Balaban J connectivity index is 1.22. The zero-order valence-electron chi connectivity index (χ0n) is 18.7. The van der Waals surface area contributed by atoms with Crippen LogP contribution in [0.4, 0.5) is 10.1 Å². The van der Waals surface area contributed by atoms with Crippen LogP contribution in [-0.4, -0.2) is 70.8 Å². The number of aromatic nitrogens is 3. The van der Waals surface area contributed by atoms with Crippen molar-refractivity contribution in [3.05, 3.63) is 62.7 Å². The summed E-state index contributed by atoms with van der Waals surface area (Å²) in [6.07, 6.45) is 0. The molecule has 0 unspecified atom stereocenters. The molecule has 0 spiro atoms. The molecule has 178 valence electrons. The summed E-state index contributed by atoms with van der Waals surface area (Å²) in [6, 6.07) is 9.07. The minimum atomic E-state index is -0.641. The van der Waals surface area contributed by atoms with E-state index < -0.39 is 11.9 Å². The van der Waals surface area contributed by atoms with Crippen LogP contribution in [0.3, 0.4) is 0 Å². The molecule has 0 atom stereocenters. The number of amides is 1. The molecule has 2 N–H and O–H groups in total. The van der Waals surface area contributed by atoms with Gasteiger partial charge in [-0.05, 0) is 29.8 Å². The Morgan fingerprint density at radius 3 is 2.68 bits per heavy atom. The number of fused-ring (bicyclic) bond motifs is 1. The Morgan fingerprint density at radius 2 is 2.00 bits per heavy atom. The van der Waals surface area contributed by atoms with Gasteiger partial charge in [0.2, 0.25) is 5.95 Å². The van der Waals surface area contributed by atoms with Gasteiger partial charge in [0.1, 0.15) is 10.3 Å². The summed E-state index contributed by atoms with van der Waals surface area (Å²) < 4.78 is 21.7. The van der Waals surface area contributed by atoms with Gasteiger partial charge < -0.3 is 19.9 Å². The molecule has 1 amide bonds. The van der Waals surface area contributed by atoms with Gasteiger partial charge in [0.15, 0.2) is 0 Å². The summed E-state index contributed by atoms with van der Waals surface area (Å²) in [7, 11) is 1.65. The predicted octanol–water partition coefficient (Wildman–Crippen LogP) is 1.58. The zero-order chi connectivity index (χ0) is 23.8. The first kappa shape index (κ1) is 22.6. The average molecular weight is 485 g/mol. The van der Waals surface area contributed by atoms with Crippen LogP contribution < -0.4 is 15.9 Å². The average Bonchev–Trinajstić information content (AvgIpc) is 2.80. The molecule has 2 aromatic heterocycles. The number of pyridine rings is 1. The van der Waals surface area contributed by atoms with Gasteiger partial charge in [0.05, 0.1) is 30.5 Å². The van der Waals surface area contributed by atoms with Crippen molar-refractivity contribution in [1.82, 2.24) is 24.8 Å². The SMILES string of the molecule is Cn1c(=O)[nH]c2cc(CN3CCN(c4ccc(C(=O)NC5COC5)nc4F)CC3)ccc2c1=S. The van der Waals surface area contributed by atoms with E-state index in [-0.39, 0.29) is 17.4 Å². The monoisotopic (exact) mass is 484 g/mol. The van der Waals surface area contributed by atoms with E-state index >= 15 is 0 Å². The Bertz CT molecular complexity index is 1360. The number of nitrogens with one attached hydrogen (secondary N) is 2.